The summed E-state index contributed by atoms with van der Waals surface area (Å²) in [6, 6.07) is 0. The lowest BCUT2D eigenvalue weighted by Crippen LogP contribution is -2.60. The molecule has 29 heavy (non-hydrogen) atoms. The molecule has 0 amide bonds. The van der Waals surface area contributed by atoms with Crippen LogP contribution in [0.1, 0.15) is 126 Å². The fraction of sp³-hybridized carbons (Fsp3) is 1.00. The van der Waals surface area contributed by atoms with Crippen LogP contribution in [-0.4, -0.2) is 0 Å². The van der Waals surface area contributed by atoms with Crippen molar-refractivity contribution in [1.82, 2.24) is 0 Å². The highest BCUT2D eigenvalue weighted by atomic mass is 14.7. The number of hydrogen-bond acceptors (Lipinski definition) is 0. The lowest BCUT2D eigenvalue weighted by Gasteiger charge is -2.67. The van der Waals surface area contributed by atoms with Crippen LogP contribution in [0.15, 0.2) is 0 Å². The summed E-state index contributed by atoms with van der Waals surface area (Å²) in [5, 5.41) is 0. The van der Waals surface area contributed by atoms with Crippen LogP contribution < -0.4 is 0 Å². The first-order valence-corrected chi connectivity index (χ1v) is 13.6. The van der Waals surface area contributed by atoms with Gasteiger partial charge in [-0.2, -0.15) is 0 Å². The number of fused-ring (bicyclic) bond motifs is 5. The molecule has 0 aromatic rings. The number of rotatable bonds is 5. The maximum absolute atomic E-state index is 2.79. The van der Waals surface area contributed by atoms with Gasteiger partial charge in [0.2, 0.25) is 0 Å². The Morgan fingerprint density at radius 3 is 2.21 bits per heavy atom. The molecule has 0 bridgehead atoms. The molecule has 0 saturated heterocycles. The minimum Gasteiger partial charge on any atom is -0.0628 e. The first kappa shape index (κ1) is 22.2. The molecule has 4 aliphatic carbocycles. The van der Waals surface area contributed by atoms with Crippen LogP contribution in [0.2, 0.25) is 0 Å². The Bertz CT molecular complexity index is 577. The van der Waals surface area contributed by atoms with Gasteiger partial charge in [-0.05, 0) is 109 Å². The van der Waals surface area contributed by atoms with E-state index in [9.17, 15) is 0 Å². The quantitative estimate of drug-likeness (QED) is 0.403. The van der Waals surface area contributed by atoms with Crippen LogP contribution in [0, 0.1) is 57.7 Å². The van der Waals surface area contributed by atoms with Gasteiger partial charge in [0.25, 0.3) is 0 Å². The molecule has 0 spiro atoms. The average Bonchev–Trinajstić information content (AvgIpc) is 2.97. The van der Waals surface area contributed by atoms with Gasteiger partial charge < -0.3 is 0 Å². The van der Waals surface area contributed by atoms with Crippen LogP contribution in [-0.2, 0) is 0 Å². The number of hydrogen-bond donors (Lipinski definition) is 0. The lowest BCUT2D eigenvalue weighted by atomic mass is 9.37. The van der Waals surface area contributed by atoms with E-state index in [4.69, 9.17) is 0 Å². The molecule has 0 radical (unpaired) electrons. The summed E-state index contributed by atoms with van der Waals surface area (Å²) in [5.74, 6) is 6.82. The lowest BCUT2D eigenvalue weighted by molar-refractivity contribution is -0.187. The van der Waals surface area contributed by atoms with E-state index in [1.54, 1.807) is 19.3 Å². The smallest absolute Gasteiger partial charge is 0.0256 e. The maximum atomic E-state index is 2.79. The van der Waals surface area contributed by atoms with Crippen molar-refractivity contribution in [3.05, 3.63) is 0 Å². The van der Waals surface area contributed by atoms with Gasteiger partial charge in [0.1, 0.15) is 0 Å². The standard InChI is InChI=1S/C29H52/c1-20(2)10-8-9-11-23-12-13-25-27(23,5)17-15-26-28(6)16-14-21(3)18-24(28)22(4)19-29(25,26)7/h20-26H,8-19H2,1-7H3/t21?,22?,23?,24?,25?,26?,27-,28+,29?/m1/s1. The molecule has 4 fully saturated rings. The van der Waals surface area contributed by atoms with Gasteiger partial charge in [0.15, 0.2) is 0 Å². The van der Waals surface area contributed by atoms with E-state index in [1.165, 1.54) is 57.8 Å². The normalized spacial score (nSPS) is 52.1. The predicted octanol–water partition coefficient (Wildman–Crippen LogP) is 9.13. The van der Waals surface area contributed by atoms with Crippen molar-refractivity contribution in [2.24, 2.45) is 57.7 Å². The first-order chi connectivity index (χ1) is 13.6. The van der Waals surface area contributed by atoms with Gasteiger partial charge in [-0.25, -0.2) is 0 Å². The molecular weight excluding hydrogens is 348 g/mol. The van der Waals surface area contributed by atoms with E-state index < -0.39 is 0 Å². The first-order valence-electron chi connectivity index (χ1n) is 13.6. The van der Waals surface area contributed by atoms with Crippen LogP contribution in [0.3, 0.4) is 0 Å². The molecule has 4 aliphatic rings. The second-order valence-electron chi connectivity index (χ2n) is 13.8. The fourth-order valence-corrected chi connectivity index (χ4v) is 10.3. The number of unbranched alkanes of at least 4 members (excludes halogenated alkanes) is 1. The Labute approximate surface area is 183 Å². The molecule has 0 aromatic heterocycles. The highest BCUT2D eigenvalue weighted by molar-refractivity contribution is 5.14. The monoisotopic (exact) mass is 400 g/mol. The fourth-order valence-electron chi connectivity index (χ4n) is 10.3. The van der Waals surface area contributed by atoms with E-state index in [2.05, 4.69) is 48.5 Å². The van der Waals surface area contributed by atoms with Crippen LogP contribution in [0.4, 0.5) is 0 Å². The summed E-state index contributed by atoms with van der Waals surface area (Å²) in [7, 11) is 0. The summed E-state index contributed by atoms with van der Waals surface area (Å²) in [6.07, 6.45) is 18.1. The largest absolute Gasteiger partial charge is 0.0628 e. The summed E-state index contributed by atoms with van der Waals surface area (Å²) in [6.45, 7) is 18.2. The molecule has 9 atom stereocenters. The SMILES string of the molecule is CC(C)CCCCC1CCC2C3(C)CC(C)C4CC(C)CC[C@]4(C)C3CC[C@]12C. The molecule has 4 saturated carbocycles. The zero-order valence-electron chi connectivity index (χ0n) is 21.0. The van der Waals surface area contributed by atoms with Crippen molar-refractivity contribution in [2.75, 3.05) is 0 Å². The minimum atomic E-state index is 0.616. The Morgan fingerprint density at radius 2 is 1.48 bits per heavy atom. The molecule has 0 nitrogen and oxygen atoms in total. The highest BCUT2D eigenvalue weighted by Crippen LogP contribution is 2.73. The van der Waals surface area contributed by atoms with Crippen molar-refractivity contribution < 1.29 is 0 Å². The topological polar surface area (TPSA) is 0 Å². The molecule has 168 valence electrons. The van der Waals surface area contributed by atoms with Gasteiger partial charge in [0.05, 0.1) is 0 Å². The summed E-state index contributed by atoms with van der Waals surface area (Å²) >= 11 is 0. The van der Waals surface area contributed by atoms with E-state index in [-0.39, 0.29) is 0 Å². The zero-order chi connectivity index (χ0) is 21.0. The highest BCUT2D eigenvalue weighted by Gasteiger charge is 2.65. The molecule has 0 aliphatic heterocycles. The van der Waals surface area contributed by atoms with Crippen molar-refractivity contribution in [1.29, 1.82) is 0 Å². The molecule has 0 heteroatoms. The van der Waals surface area contributed by atoms with E-state index >= 15 is 0 Å². The third kappa shape index (κ3) is 3.55. The zero-order valence-corrected chi connectivity index (χ0v) is 21.0. The molecule has 0 heterocycles. The second-order valence-corrected chi connectivity index (χ2v) is 13.8. The second kappa shape index (κ2) is 7.85. The maximum Gasteiger partial charge on any atom is -0.0256 e. The summed E-state index contributed by atoms with van der Waals surface area (Å²) in [5.41, 5.74) is 1.90. The van der Waals surface area contributed by atoms with Gasteiger partial charge in [0, 0.05) is 0 Å². The predicted molar refractivity (Wildman–Crippen MR) is 127 cm³/mol. The molecule has 4 rings (SSSR count). The summed E-state index contributed by atoms with van der Waals surface area (Å²) in [4.78, 5) is 0. The summed E-state index contributed by atoms with van der Waals surface area (Å²) < 4.78 is 0. The average molecular weight is 401 g/mol. The van der Waals surface area contributed by atoms with Gasteiger partial charge in [-0.1, -0.05) is 74.1 Å². The third-order valence-electron chi connectivity index (χ3n) is 11.6. The Morgan fingerprint density at radius 1 is 0.793 bits per heavy atom. The third-order valence-corrected chi connectivity index (χ3v) is 11.6. The Kier molecular flexibility index (Phi) is 6.01. The Balaban J connectivity index is 1.52. The molecule has 7 unspecified atom stereocenters. The molecular formula is C29H52. The van der Waals surface area contributed by atoms with Crippen molar-refractivity contribution in [3.8, 4) is 0 Å². The van der Waals surface area contributed by atoms with Crippen LogP contribution in [0.25, 0.3) is 0 Å². The van der Waals surface area contributed by atoms with E-state index in [0.29, 0.717) is 16.2 Å². The van der Waals surface area contributed by atoms with E-state index in [1.807, 2.05) is 0 Å². The van der Waals surface area contributed by atoms with Crippen LogP contribution in [0.5, 0.6) is 0 Å². The van der Waals surface area contributed by atoms with Crippen molar-refractivity contribution >= 4 is 0 Å². The van der Waals surface area contributed by atoms with Crippen LogP contribution >= 0.6 is 0 Å². The van der Waals surface area contributed by atoms with Gasteiger partial charge >= 0.3 is 0 Å². The molecule has 0 aromatic carbocycles. The molecule has 0 N–H and O–H groups in total. The minimum absolute atomic E-state index is 0.616. The van der Waals surface area contributed by atoms with E-state index in [0.717, 1.165) is 41.4 Å². The van der Waals surface area contributed by atoms with Gasteiger partial charge in [-0.15, -0.1) is 0 Å². The van der Waals surface area contributed by atoms with Crippen molar-refractivity contribution in [3.63, 3.8) is 0 Å². The van der Waals surface area contributed by atoms with Crippen molar-refractivity contribution in [2.45, 2.75) is 126 Å². The Hall–Kier alpha value is 0. The van der Waals surface area contributed by atoms with Gasteiger partial charge in [-0.3, -0.25) is 0 Å².